The van der Waals surface area contributed by atoms with Crippen LogP contribution in [0.2, 0.25) is 0 Å². The van der Waals surface area contributed by atoms with Crippen LogP contribution in [0.25, 0.3) is 33.0 Å². The number of para-hydroxylation sites is 2. The fourth-order valence-electron chi connectivity index (χ4n) is 9.03. The summed E-state index contributed by atoms with van der Waals surface area (Å²) >= 11 is 0. The predicted molar refractivity (Wildman–Crippen MR) is 219 cm³/mol. The summed E-state index contributed by atoms with van der Waals surface area (Å²) in [4.78, 5) is 2.35. The molecular formula is C49H34BNO2. The quantitative estimate of drug-likeness (QED) is 0.173. The van der Waals surface area contributed by atoms with Crippen molar-refractivity contribution in [2.75, 3.05) is 4.90 Å². The van der Waals surface area contributed by atoms with Crippen molar-refractivity contribution in [3.05, 3.63) is 181 Å². The summed E-state index contributed by atoms with van der Waals surface area (Å²) in [5.41, 5.74) is 13.9. The molecule has 4 heteroatoms. The van der Waals surface area contributed by atoms with E-state index < -0.39 is 0 Å². The lowest BCUT2D eigenvalue weighted by Crippen LogP contribution is -2.57. The van der Waals surface area contributed by atoms with Gasteiger partial charge in [-0.25, -0.2) is 0 Å². The van der Waals surface area contributed by atoms with Gasteiger partial charge in [-0.05, 0) is 116 Å². The van der Waals surface area contributed by atoms with Crippen LogP contribution >= 0.6 is 0 Å². The number of ether oxygens (including phenoxy) is 2. The fraction of sp³-hybridized carbons (Fsp3) is 0.0612. The predicted octanol–water partition coefficient (Wildman–Crippen LogP) is 11.0. The van der Waals surface area contributed by atoms with Crippen LogP contribution in [0.3, 0.4) is 0 Å². The maximum atomic E-state index is 7.01. The minimum absolute atomic E-state index is 0.0459. The summed E-state index contributed by atoms with van der Waals surface area (Å²) in [5, 5.41) is 2.41. The maximum absolute atomic E-state index is 7.01. The van der Waals surface area contributed by atoms with Crippen LogP contribution in [0, 0.1) is 0 Å². The molecule has 250 valence electrons. The molecule has 3 aliphatic rings. The molecule has 1 aliphatic carbocycles. The Bertz CT molecular complexity index is 2720. The smallest absolute Gasteiger partial charge is 0.261 e. The molecule has 3 nitrogen and oxygen atoms in total. The monoisotopic (exact) mass is 679 g/mol. The van der Waals surface area contributed by atoms with Crippen LogP contribution in [-0.4, -0.2) is 6.71 Å². The standard InChI is InChI=1S/C49H34BNO2/c1-49(2)40-28-36(51(34-17-8-4-9-18-34)35-19-10-5-11-20-35)23-24-38(40)39-29-44-42(30-41(39)49)50-47-37-21-13-12-16-32(37)22-25-43(47)52-45-26-33(27-46(53-44)48(45)50)31-14-6-3-7-15-31/h3-30H,1-2H3. The molecule has 8 aromatic carbocycles. The molecule has 0 atom stereocenters. The number of fused-ring (bicyclic) bond motifs is 9. The van der Waals surface area contributed by atoms with Crippen molar-refractivity contribution in [3.8, 4) is 45.3 Å². The van der Waals surface area contributed by atoms with Gasteiger partial charge in [0.05, 0.1) is 0 Å². The SMILES string of the molecule is CC1(C)c2cc(N(c3ccccc3)c3ccccc3)ccc2-c2cc3c(cc21)B1c2c(cc(-c4ccccc4)cc2Oc2ccc4ccccc4c21)O3. The van der Waals surface area contributed by atoms with Crippen LogP contribution in [0.5, 0.6) is 23.0 Å². The number of hydrogen-bond donors (Lipinski definition) is 0. The third kappa shape index (κ3) is 4.48. The van der Waals surface area contributed by atoms with E-state index in [9.17, 15) is 0 Å². The highest BCUT2D eigenvalue weighted by Crippen LogP contribution is 2.52. The minimum atomic E-state index is -0.248. The highest BCUT2D eigenvalue weighted by molar-refractivity contribution is 6.99. The Morgan fingerprint density at radius 1 is 0.453 bits per heavy atom. The zero-order chi connectivity index (χ0) is 35.3. The molecule has 0 radical (unpaired) electrons. The summed E-state index contributed by atoms with van der Waals surface area (Å²) < 4.78 is 13.8. The van der Waals surface area contributed by atoms with E-state index in [1.165, 1.54) is 44.0 Å². The molecule has 0 saturated heterocycles. The first-order valence-corrected chi connectivity index (χ1v) is 18.4. The number of hydrogen-bond acceptors (Lipinski definition) is 3. The van der Waals surface area contributed by atoms with Gasteiger partial charge in [-0.3, -0.25) is 0 Å². The Kier molecular flexibility index (Phi) is 6.39. The largest absolute Gasteiger partial charge is 0.458 e. The Labute approximate surface area is 309 Å². The van der Waals surface area contributed by atoms with Gasteiger partial charge in [0.25, 0.3) is 6.71 Å². The maximum Gasteiger partial charge on any atom is 0.261 e. The fourth-order valence-corrected chi connectivity index (χ4v) is 9.03. The number of benzene rings is 8. The molecule has 0 N–H and O–H groups in total. The molecule has 53 heavy (non-hydrogen) atoms. The van der Waals surface area contributed by atoms with Gasteiger partial charge >= 0.3 is 0 Å². The lowest BCUT2D eigenvalue weighted by atomic mass is 9.34. The number of rotatable bonds is 4. The molecule has 0 aromatic heterocycles. The van der Waals surface area contributed by atoms with Gasteiger partial charge in [-0.1, -0.05) is 123 Å². The van der Waals surface area contributed by atoms with Crippen molar-refractivity contribution in [2.24, 2.45) is 0 Å². The van der Waals surface area contributed by atoms with Gasteiger partial charge in [0.1, 0.15) is 23.0 Å². The summed E-state index contributed by atoms with van der Waals surface area (Å²) in [5.74, 6) is 3.52. The van der Waals surface area contributed by atoms with E-state index in [1.807, 2.05) is 0 Å². The zero-order valence-corrected chi connectivity index (χ0v) is 29.5. The van der Waals surface area contributed by atoms with Crippen LogP contribution in [0.15, 0.2) is 170 Å². The average Bonchev–Trinajstić information content (AvgIpc) is 3.42. The zero-order valence-electron chi connectivity index (χ0n) is 29.5. The van der Waals surface area contributed by atoms with Crippen molar-refractivity contribution < 1.29 is 9.47 Å². The van der Waals surface area contributed by atoms with Crippen molar-refractivity contribution in [1.82, 2.24) is 0 Å². The van der Waals surface area contributed by atoms with Crippen molar-refractivity contribution in [2.45, 2.75) is 19.3 Å². The summed E-state index contributed by atoms with van der Waals surface area (Å²) in [7, 11) is 0. The second kappa shape index (κ2) is 11.2. The second-order valence-electron chi connectivity index (χ2n) is 14.9. The molecule has 11 rings (SSSR count). The molecule has 0 amide bonds. The van der Waals surface area contributed by atoms with Gasteiger partial charge < -0.3 is 14.4 Å². The molecule has 0 spiro atoms. The minimum Gasteiger partial charge on any atom is -0.458 e. The normalized spacial score (nSPS) is 13.9. The molecule has 0 bridgehead atoms. The highest BCUT2D eigenvalue weighted by Gasteiger charge is 2.44. The lowest BCUT2D eigenvalue weighted by molar-refractivity contribution is 0.465. The Morgan fingerprint density at radius 3 is 1.79 bits per heavy atom. The number of nitrogens with zero attached hydrogens (tertiary/aromatic N) is 1. The third-order valence-corrected chi connectivity index (χ3v) is 11.5. The van der Waals surface area contributed by atoms with E-state index in [1.54, 1.807) is 0 Å². The van der Waals surface area contributed by atoms with Gasteiger partial charge in [-0.2, -0.15) is 0 Å². The summed E-state index contributed by atoms with van der Waals surface area (Å²) in [6, 6.07) is 60.8. The molecule has 8 aromatic rings. The summed E-state index contributed by atoms with van der Waals surface area (Å²) in [6.45, 7) is 4.69. The Hall–Kier alpha value is -6.52. The van der Waals surface area contributed by atoms with Gasteiger partial charge in [-0.15, -0.1) is 0 Å². The third-order valence-electron chi connectivity index (χ3n) is 11.5. The number of anilines is 3. The lowest BCUT2D eigenvalue weighted by Gasteiger charge is -2.35. The van der Waals surface area contributed by atoms with Crippen LogP contribution in [0.4, 0.5) is 17.1 Å². The first-order chi connectivity index (χ1) is 26.0. The van der Waals surface area contributed by atoms with Crippen LogP contribution < -0.4 is 30.8 Å². The van der Waals surface area contributed by atoms with Crippen LogP contribution in [-0.2, 0) is 5.41 Å². The van der Waals surface area contributed by atoms with Crippen LogP contribution in [0.1, 0.15) is 25.0 Å². The topological polar surface area (TPSA) is 21.7 Å². The Balaban J connectivity index is 1.11. The molecule has 2 heterocycles. The van der Waals surface area contributed by atoms with Crippen molar-refractivity contribution in [3.63, 3.8) is 0 Å². The van der Waals surface area contributed by atoms with Gasteiger partial charge in [0.2, 0.25) is 0 Å². The molecular weight excluding hydrogens is 645 g/mol. The van der Waals surface area contributed by atoms with E-state index in [0.717, 1.165) is 56.6 Å². The first kappa shape index (κ1) is 30.1. The first-order valence-electron chi connectivity index (χ1n) is 18.4. The van der Waals surface area contributed by atoms with Crippen molar-refractivity contribution >= 4 is 50.9 Å². The van der Waals surface area contributed by atoms with E-state index in [-0.39, 0.29) is 12.1 Å². The molecule has 0 fully saturated rings. The summed E-state index contributed by atoms with van der Waals surface area (Å²) in [6.07, 6.45) is 0. The highest BCUT2D eigenvalue weighted by atomic mass is 16.5. The van der Waals surface area contributed by atoms with E-state index in [2.05, 4.69) is 189 Å². The van der Waals surface area contributed by atoms with E-state index in [4.69, 9.17) is 9.47 Å². The second-order valence-corrected chi connectivity index (χ2v) is 14.9. The molecule has 0 unspecified atom stereocenters. The van der Waals surface area contributed by atoms with Gasteiger partial charge in [0, 0.05) is 27.9 Å². The Morgan fingerprint density at radius 2 is 1.08 bits per heavy atom. The van der Waals surface area contributed by atoms with E-state index >= 15 is 0 Å². The molecule has 0 saturated carbocycles. The average molecular weight is 680 g/mol. The van der Waals surface area contributed by atoms with E-state index in [0.29, 0.717) is 0 Å². The van der Waals surface area contributed by atoms with Crippen molar-refractivity contribution in [1.29, 1.82) is 0 Å². The molecule has 2 aliphatic heterocycles. The van der Waals surface area contributed by atoms with Gasteiger partial charge in [0.15, 0.2) is 0 Å².